The first-order valence-corrected chi connectivity index (χ1v) is 4.69. The van der Waals surface area contributed by atoms with E-state index < -0.39 is 0 Å². The molecule has 0 unspecified atom stereocenters. The summed E-state index contributed by atoms with van der Waals surface area (Å²) in [6.45, 7) is 0.591. The number of nitrogens with zero attached hydrogens (tertiary/aromatic N) is 2. The minimum Gasteiger partial charge on any atom is -0.302 e. The second kappa shape index (κ2) is 2.70. The van der Waals surface area contributed by atoms with Crippen LogP contribution in [0.1, 0.15) is 5.69 Å². The van der Waals surface area contributed by atoms with Crippen LogP contribution in [0.4, 0.5) is 0 Å². The van der Waals surface area contributed by atoms with Crippen molar-refractivity contribution in [3.63, 3.8) is 0 Å². The van der Waals surface area contributed by atoms with E-state index in [2.05, 4.69) is 0 Å². The molecule has 0 aliphatic carbocycles. The van der Waals surface area contributed by atoms with E-state index in [1.165, 1.54) is 10.5 Å². The monoisotopic (exact) mass is 200 g/mol. The molecule has 74 valence electrons. The van der Waals surface area contributed by atoms with Gasteiger partial charge in [-0.3, -0.25) is 14.0 Å². The van der Waals surface area contributed by atoms with E-state index in [1.807, 2.05) is 12.2 Å². The molecule has 2 aromatic rings. The number of pyridine rings is 1. The fourth-order valence-electron chi connectivity index (χ4n) is 1.87. The van der Waals surface area contributed by atoms with E-state index in [9.17, 15) is 9.59 Å². The van der Waals surface area contributed by atoms with Crippen LogP contribution in [0, 0.1) is 0 Å². The van der Waals surface area contributed by atoms with Crippen molar-refractivity contribution in [1.82, 2.24) is 8.97 Å². The lowest BCUT2D eigenvalue weighted by molar-refractivity contribution is 0.780. The van der Waals surface area contributed by atoms with Gasteiger partial charge < -0.3 is 4.57 Å². The normalized spacial score (nSPS) is 13.3. The summed E-state index contributed by atoms with van der Waals surface area (Å²) in [5.74, 6) is 0. The highest BCUT2D eigenvalue weighted by Crippen LogP contribution is 2.08. The highest BCUT2D eigenvalue weighted by Gasteiger charge is 2.10. The average Bonchev–Trinajstić information content (AvgIpc) is 2.68. The van der Waals surface area contributed by atoms with Crippen LogP contribution in [0.5, 0.6) is 0 Å². The Hall–Kier alpha value is -2.10. The van der Waals surface area contributed by atoms with Gasteiger partial charge in [0.05, 0.1) is 5.69 Å². The number of aromatic nitrogens is 2. The molecular formula is C11H8N2O2. The van der Waals surface area contributed by atoms with Crippen LogP contribution >= 0.6 is 0 Å². The van der Waals surface area contributed by atoms with Gasteiger partial charge in [-0.05, 0) is 12.1 Å². The van der Waals surface area contributed by atoms with Crippen LogP contribution < -0.4 is 11.1 Å². The molecule has 3 rings (SSSR count). The van der Waals surface area contributed by atoms with Crippen LogP contribution in [0.15, 0.2) is 40.1 Å². The van der Waals surface area contributed by atoms with Crippen LogP contribution in [-0.2, 0) is 6.54 Å². The molecule has 3 heterocycles. The van der Waals surface area contributed by atoms with Gasteiger partial charge in [-0.25, -0.2) is 0 Å². The van der Waals surface area contributed by atoms with Crippen molar-refractivity contribution in [2.45, 2.75) is 6.54 Å². The Kier molecular flexibility index (Phi) is 1.48. The molecule has 0 spiro atoms. The van der Waals surface area contributed by atoms with Crippen molar-refractivity contribution in [3.05, 3.63) is 56.9 Å². The zero-order chi connectivity index (χ0) is 10.4. The van der Waals surface area contributed by atoms with Gasteiger partial charge in [0.25, 0.3) is 11.1 Å². The molecule has 0 atom stereocenters. The highest BCUT2D eigenvalue weighted by atomic mass is 16.1. The molecule has 0 bridgehead atoms. The summed E-state index contributed by atoms with van der Waals surface area (Å²) in [4.78, 5) is 23.5. The number of allylic oxidation sites excluding steroid dienone is 1. The van der Waals surface area contributed by atoms with Crippen LogP contribution in [0.25, 0.3) is 11.6 Å². The lowest BCUT2D eigenvalue weighted by Gasteiger charge is -2.05. The van der Waals surface area contributed by atoms with E-state index in [1.54, 1.807) is 22.9 Å². The summed E-state index contributed by atoms with van der Waals surface area (Å²) in [5.41, 5.74) is 0.916. The maximum absolute atomic E-state index is 11.9. The molecule has 0 radical (unpaired) electrons. The van der Waals surface area contributed by atoms with E-state index in [4.69, 9.17) is 0 Å². The van der Waals surface area contributed by atoms with Crippen molar-refractivity contribution in [2.24, 2.45) is 0 Å². The molecule has 4 heteroatoms. The maximum atomic E-state index is 11.9. The molecular weight excluding hydrogens is 192 g/mol. The SMILES string of the molecule is O=c1c2cccc(=O)n2cc2n1CC=C2. The quantitative estimate of drug-likeness (QED) is 0.621. The fraction of sp³-hybridized carbons (Fsp3) is 0.0909. The van der Waals surface area contributed by atoms with Crippen molar-refractivity contribution >= 4 is 11.6 Å². The summed E-state index contributed by atoms with van der Waals surface area (Å²) in [6.07, 6.45) is 5.45. The topological polar surface area (TPSA) is 43.5 Å². The van der Waals surface area contributed by atoms with E-state index in [0.29, 0.717) is 12.1 Å². The molecule has 4 nitrogen and oxygen atoms in total. The van der Waals surface area contributed by atoms with E-state index in [-0.39, 0.29) is 11.1 Å². The summed E-state index contributed by atoms with van der Waals surface area (Å²) < 4.78 is 3.04. The number of hydrogen-bond acceptors (Lipinski definition) is 2. The third kappa shape index (κ3) is 1.01. The Morgan fingerprint density at radius 2 is 2.07 bits per heavy atom. The Bertz CT molecular complexity index is 692. The van der Waals surface area contributed by atoms with Gasteiger partial charge in [-0.1, -0.05) is 12.1 Å². The average molecular weight is 200 g/mol. The second-order valence-electron chi connectivity index (χ2n) is 3.49. The minimum absolute atomic E-state index is 0.116. The van der Waals surface area contributed by atoms with Gasteiger partial charge in [0.1, 0.15) is 5.52 Å². The smallest absolute Gasteiger partial charge is 0.275 e. The second-order valence-corrected chi connectivity index (χ2v) is 3.49. The molecule has 0 saturated heterocycles. The first-order chi connectivity index (χ1) is 7.27. The lowest BCUT2D eigenvalue weighted by Crippen LogP contribution is -2.26. The molecule has 2 aromatic heterocycles. The predicted molar refractivity (Wildman–Crippen MR) is 57.0 cm³/mol. The number of rotatable bonds is 0. The van der Waals surface area contributed by atoms with Crippen molar-refractivity contribution in [2.75, 3.05) is 0 Å². The zero-order valence-electron chi connectivity index (χ0n) is 7.88. The van der Waals surface area contributed by atoms with Crippen LogP contribution in [0.3, 0.4) is 0 Å². The molecule has 15 heavy (non-hydrogen) atoms. The number of fused-ring (bicyclic) bond motifs is 2. The zero-order valence-corrected chi connectivity index (χ0v) is 7.88. The van der Waals surface area contributed by atoms with Gasteiger partial charge in [0, 0.05) is 18.8 Å². The summed E-state index contributed by atoms with van der Waals surface area (Å²) >= 11 is 0. The van der Waals surface area contributed by atoms with Crippen molar-refractivity contribution in [1.29, 1.82) is 0 Å². The third-order valence-corrected chi connectivity index (χ3v) is 2.60. The predicted octanol–water partition coefficient (Wildman–Crippen LogP) is 0.488. The largest absolute Gasteiger partial charge is 0.302 e. The van der Waals surface area contributed by atoms with Crippen LogP contribution in [-0.4, -0.2) is 8.97 Å². The van der Waals surface area contributed by atoms with Crippen molar-refractivity contribution < 1.29 is 0 Å². The molecule has 0 fully saturated rings. The fourth-order valence-corrected chi connectivity index (χ4v) is 1.87. The van der Waals surface area contributed by atoms with Gasteiger partial charge in [-0.2, -0.15) is 0 Å². The Balaban J connectivity index is 2.61. The molecule has 1 aliphatic heterocycles. The molecule has 1 aliphatic rings. The highest BCUT2D eigenvalue weighted by molar-refractivity contribution is 5.53. The first-order valence-electron chi connectivity index (χ1n) is 4.69. The van der Waals surface area contributed by atoms with Crippen LogP contribution in [0.2, 0.25) is 0 Å². The van der Waals surface area contributed by atoms with E-state index in [0.717, 1.165) is 5.69 Å². The summed E-state index contributed by atoms with van der Waals surface area (Å²) in [5, 5.41) is 0. The summed E-state index contributed by atoms with van der Waals surface area (Å²) in [7, 11) is 0. The first kappa shape index (κ1) is 8.23. The minimum atomic E-state index is -0.173. The summed E-state index contributed by atoms with van der Waals surface area (Å²) in [6, 6.07) is 4.71. The maximum Gasteiger partial charge on any atom is 0.275 e. The van der Waals surface area contributed by atoms with Gasteiger partial charge in [-0.15, -0.1) is 0 Å². The molecule has 0 saturated carbocycles. The molecule has 0 aromatic carbocycles. The molecule has 0 N–H and O–H groups in total. The lowest BCUT2D eigenvalue weighted by atomic mass is 10.3. The number of hydrogen-bond donors (Lipinski definition) is 0. The van der Waals surface area contributed by atoms with Gasteiger partial charge in [0.15, 0.2) is 0 Å². The Morgan fingerprint density at radius 1 is 1.20 bits per heavy atom. The Labute approximate surface area is 84.7 Å². The third-order valence-electron chi connectivity index (χ3n) is 2.60. The van der Waals surface area contributed by atoms with E-state index >= 15 is 0 Å². The van der Waals surface area contributed by atoms with Crippen molar-refractivity contribution in [3.8, 4) is 0 Å². The van der Waals surface area contributed by atoms with Gasteiger partial charge >= 0.3 is 0 Å². The van der Waals surface area contributed by atoms with Gasteiger partial charge in [0.2, 0.25) is 0 Å². The Morgan fingerprint density at radius 3 is 2.93 bits per heavy atom. The molecule has 0 amide bonds. The standard InChI is InChI=1S/C11H8N2O2/c14-10-5-1-4-9-11(15)12-6-2-3-8(12)7-13(9)10/h1-5,7H,6H2.